The van der Waals surface area contributed by atoms with Gasteiger partial charge in [0, 0.05) is 6.42 Å². The second-order valence-corrected chi connectivity index (χ2v) is 3.41. The van der Waals surface area contributed by atoms with Crippen LogP contribution in [0.5, 0.6) is 0 Å². The summed E-state index contributed by atoms with van der Waals surface area (Å²) in [6.07, 6.45) is 3.95. The molecule has 4 heteroatoms. The molecule has 16 heavy (non-hydrogen) atoms. The largest absolute Gasteiger partial charge is 0.469 e. The van der Waals surface area contributed by atoms with Gasteiger partial charge < -0.3 is 14.2 Å². The SMILES string of the molecule is C=CCOC(C)(CCC(=O)OC)OCC=C. The number of hydrogen-bond acceptors (Lipinski definition) is 4. The molecule has 0 aromatic rings. The molecule has 0 aliphatic rings. The summed E-state index contributed by atoms with van der Waals surface area (Å²) < 4.78 is 15.5. The lowest BCUT2D eigenvalue weighted by molar-refractivity contribution is -0.218. The average molecular weight is 228 g/mol. The van der Waals surface area contributed by atoms with Gasteiger partial charge in [-0.25, -0.2) is 0 Å². The molecule has 0 aromatic heterocycles. The first-order valence-electron chi connectivity index (χ1n) is 5.14. The minimum atomic E-state index is -0.809. The van der Waals surface area contributed by atoms with Gasteiger partial charge in [0.1, 0.15) is 0 Å². The van der Waals surface area contributed by atoms with Gasteiger partial charge in [-0.1, -0.05) is 12.2 Å². The minimum Gasteiger partial charge on any atom is -0.469 e. The highest BCUT2D eigenvalue weighted by Crippen LogP contribution is 2.20. The molecule has 0 saturated heterocycles. The Morgan fingerprint density at radius 1 is 1.25 bits per heavy atom. The van der Waals surface area contributed by atoms with Gasteiger partial charge in [-0.3, -0.25) is 4.79 Å². The van der Waals surface area contributed by atoms with Crippen LogP contribution in [0.4, 0.5) is 0 Å². The smallest absolute Gasteiger partial charge is 0.305 e. The zero-order valence-electron chi connectivity index (χ0n) is 10.0. The molecule has 0 saturated carbocycles. The second kappa shape index (κ2) is 8.07. The summed E-state index contributed by atoms with van der Waals surface area (Å²) in [7, 11) is 1.36. The second-order valence-electron chi connectivity index (χ2n) is 3.41. The lowest BCUT2D eigenvalue weighted by Crippen LogP contribution is -2.33. The summed E-state index contributed by atoms with van der Waals surface area (Å²) in [6.45, 7) is 9.65. The molecule has 0 rings (SSSR count). The average Bonchev–Trinajstić information content (AvgIpc) is 2.31. The van der Waals surface area contributed by atoms with Gasteiger partial charge in [-0.2, -0.15) is 0 Å². The zero-order valence-corrected chi connectivity index (χ0v) is 10.0. The van der Waals surface area contributed by atoms with E-state index >= 15 is 0 Å². The van der Waals surface area contributed by atoms with E-state index < -0.39 is 5.79 Å². The number of rotatable bonds is 9. The number of esters is 1. The van der Waals surface area contributed by atoms with Gasteiger partial charge in [-0.15, -0.1) is 13.2 Å². The van der Waals surface area contributed by atoms with Crippen LogP contribution in [0.3, 0.4) is 0 Å². The predicted octanol–water partition coefficient (Wildman–Crippen LogP) is 2.06. The molecule has 0 heterocycles. The van der Waals surface area contributed by atoms with Crippen LogP contribution in [0.15, 0.2) is 25.3 Å². The highest BCUT2D eigenvalue weighted by atomic mass is 16.7. The maximum atomic E-state index is 11.0. The van der Waals surface area contributed by atoms with Crippen molar-refractivity contribution in [3.63, 3.8) is 0 Å². The van der Waals surface area contributed by atoms with E-state index in [2.05, 4.69) is 17.9 Å². The molecule has 0 atom stereocenters. The van der Waals surface area contributed by atoms with Crippen LogP contribution in [-0.2, 0) is 19.0 Å². The quantitative estimate of drug-likeness (QED) is 0.344. The molecule has 0 unspecified atom stereocenters. The molecule has 4 nitrogen and oxygen atoms in total. The molecule has 0 N–H and O–H groups in total. The van der Waals surface area contributed by atoms with Crippen molar-refractivity contribution in [1.29, 1.82) is 0 Å². The molecule has 0 radical (unpaired) electrons. The first kappa shape index (κ1) is 14.9. The molecule has 0 spiro atoms. The van der Waals surface area contributed by atoms with Crippen molar-refractivity contribution in [3.8, 4) is 0 Å². The number of methoxy groups -OCH3 is 1. The third kappa shape index (κ3) is 6.37. The summed E-state index contributed by atoms with van der Waals surface area (Å²) in [4.78, 5) is 11.0. The Morgan fingerprint density at radius 2 is 1.75 bits per heavy atom. The fourth-order valence-corrected chi connectivity index (χ4v) is 1.09. The lowest BCUT2D eigenvalue weighted by Gasteiger charge is -2.28. The van der Waals surface area contributed by atoms with Gasteiger partial charge in [0.15, 0.2) is 5.79 Å². The van der Waals surface area contributed by atoms with Crippen molar-refractivity contribution in [1.82, 2.24) is 0 Å². The van der Waals surface area contributed by atoms with E-state index in [1.165, 1.54) is 7.11 Å². The molecular formula is C12H20O4. The number of ether oxygens (including phenoxy) is 3. The fourth-order valence-electron chi connectivity index (χ4n) is 1.09. The normalized spacial score (nSPS) is 10.9. The molecule has 0 bridgehead atoms. The molecule has 0 fully saturated rings. The highest BCUT2D eigenvalue weighted by molar-refractivity contribution is 5.69. The van der Waals surface area contributed by atoms with Crippen LogP contribution in [0, 0.1) is 0 Å². The predicted molar refractivity (Wildman–Crippen MR) is 62.0 cm³/mol. The lowest BCUT2D eigenvalue weighted by atomic mass is 10.1. The van der Waals surface area contributed by atoms with Crippen LogP contribution in [-0.4, -0.2) is 32.1 Å². The topological polar surface area (TPSA) is 44.8 Å². The Kier molecular flexibility index (Phi) is 7.50. The molecule has 0 aromatic carbocycles. The van der Waals surface area contributed by atoms with Crippen LogP contribution in [0.25, 0.3) is 0 Å². The van der Waals surface area contributed by atoms with E-state index in [1.54, 1.807) is 19.1 Å². The van der Waals surface area contributed by atoms with Crippen LogP contribution in [0.2, 0.25) is 0 Å². The summed E-state index contributed by atoms with van der Waals surface area (Å²) >= 11 is 0. The van der Waals surface area contributed by atoms with E-state index in [-0.39, 0.29) is 12.4 Å². The number of carbonyl (C=O) groups is 1. The number of hydrogen-bond donors (Lipinski definition) is 0. The van der Waals surface area contributed by atoms with Crippen LogP contribution >= 0.6 is 0 Å². The summed E-state index contributed by atoms with van der Waals surface area (Å²) in [5.41, 5.74) is 0. The Bertz CT molecular complexity index is 223. The van der Waals surface area contributed by atoms with Crippen molar-refractivity contribution in [2.24, 2.45) is 0 Å². The Balaban J connectivity index is 4.21. The first-order chi connectivity index (χ1) is 7.58. The van der Waals surface area contributed by atoms with Gasteiger partial charge in [0.2, 0.25) is 0 Å². The summed E-state index contributed by atoms with van der Waals surface area (Å²) in [6, 6.07) is 0. The van der Waals surface area contributed by atoms with E-state index in [0.717, 1.165) is 0 Å². The Labute approximate surface area is 96.9 Å². The molecular weight excluding hydrogens is 208 g/mol. The van der Waals surface area contributed by atoms with Crippen molar-refractivity contribution < 1.29 is 19.0 Å². The molecule has 92 valence electrons. The van der Waals surface area contributed by atoms with Crippen molar-refractivity contribution in [2.75, 3.05) is 20.3 Å². The van der Waals surface area contributed by atoms with Gasteiger partial charge in [0.05, 0.1) is 26.7 Å². The Morgan fingerprint density at radius 3 is 2.12 bits per heavy atom. The van der Waals surface area contributed by atoms with E-state index in [9.17, 15) is 4.79 Å². The standard InChI is InChI=1S/C12H20O4/c1-5-9-15-12(3,16-10-6-2)8-7-11(13)14-4/h5-6H,1-2,7-10H2,3-4H3. The monoisotopic (exact) mass is 228 g/mol. The van der Waals surface area contributed by atoms with Crippen molar-refractivity contribution in [2.45, 2.75) is 25.6 Å². The first-order valence-corrected chi connectivity index (χ1v) is 5.14. The van der Waals surface area contributed by atoms with Gasteiger partial charge in [0.25, 0.3) is 0 Å². The van der Waals surface area contributed by atoms with Crippen LogP contribution in [0.1, 0.15) is 19.8 Å². The van der Waals surface area contributed by atoms with E-state index in [1.807, 2.05) is 0 Å². The molecule has 0 aliphatic carbocycles. The Hall–Kier alpha value is -1.13. The van der Waals surface area contributed by atoms with E-state index in [4.69, 9.17) is 9.47 Å². The third-order valence-electron chi connectivity index (χ3n) is 2.02. The van der Waals surface area contributed by atoms with Gasteiger partial charge >= 0.3 is 5.97 Å². The maximum absolute atomic E-state index is 11.0. The summed E-state index contributed by atoms with van der Waals surface area (Å²) in [5.74, 6) is -1.09. The van der Waals surface area contributed by atoms with E-state index in [0.29, 0.717) is 19.6 Å². The minimum absolute atomic E-state index is 0.251. The van der Waals surface area contributed by atoms with Crippen molar-refractivity contribution in [3.05, 3.63) is 25.3 Å². The highest BCUT2D eigenvalue weighted by Gasteiger charge is 2.26. The maximum Gasteiger partial charge on any atom is 0.305 e. The van der Waals surface area contributed by atoms with Gasteiger partial charge in [-0.05, 0) is 6.92 Å². The van der Waals surface area contributed by atoms with Crippen molar-refractivity contribution >= 4 is 5.97 Å². The third-order valence-corrected chi connectivity index (χ3v) is 2.02. The zero-order chi connectivity index (χ0) is 12.4. The van der Waals surface area contributed by atoms with Crippen LogP contribution < -0.4 is 0 Å². The number of carbonyl (C=O) groups excluding carboxylic acids is 1. The fraction of sp³-hybridized carbons (Fsp3) is 0.583. The molecule has 0 aliphatic heterocycles. The molecule has 0 amide bonds. The summed E-state index contributed by atoms with van der Waals surface area (Å²) in [5, 5.41) is 0.